The van der Waals surface area contributed by atoms with Crippen LogP contribution in [0.2, 0.25) is 0 Å². The van der Waals surface area contributed by atoms with Gasteiger partial charge in [0, 0.05) is 11.6 Å². The first-order valence-corrected chi connectivity index (χ1v) is 9.92. The molecule has 0 fully saturated rings. The summed E-state index contributed by atoms with van der Waals surface area (Å²) in [6.45, 7) is 3.34. The van der Waals surface area contributed by atoms with Gasteiger partial charge in [-0.3, -0.25) is 10.1 Å². The van der Waals surface area contributed by atoms with Gasteiger partial charge in [0.25, 0.3) is 5.69 Å². The molecule has 0 bridgehead atoms. The number of hydrogen-bond acceptors (Lipinski definition) is 9. The highest BCUT2D eigenvalue weighted by atomic mass is 32.2. The number of nitrogens with one attached hydrogen (secondary N) is 1. The molecule has 11 nitrogen and oxygen atoms in total. The zero-order valence-electron chi connectivity index (χ0n) is 16.3. The Morgan fingerprint density at radius 1 is 1.23 bits per heavy atom. The molecule has 0 heterocycles. The van der Waals surface area contributed by atoms with E-state index < -0.39 is 21.1 Å². The molecule has 30 heavy (non-hydrogen) atoms. The Balaban J connectivity index is 2.25. The lowest BCUT2D eigenvalue weighted by atomic mass is 10.2. The molecule has 1 amide bonds. The fraction of sp³-hybridized carbons (Fsp3) is 0.222. The number of ether oxygens (including phenoxy) is 2. The summed E-state index contributed by atoms with van der Waals surface area (Å²) in [5.41, 5.74) is 2.60. The van der Waals surface area contributed by atoms with Gasteiger partial charge >= 0.3 is 16.2 Å². The van der Waals surface area contributed by atoms with Crippen molar-refractivity contribution in [1.29, 1.82) is 0 Å². The predicted molar refractivity (Wildman–Crippen MR) is 106 cm³/mol. The van der Waals surface area contributed by atoms with Crippen molar-refractivity contribution in [2.75, 3.05) is 13.7 Å². The summed E-state index contributed by atoms with van der Waals surface area (Å²) in [6, 6.07) is 7.69. The number of benzene rings is 2. The van der Waals surface area contributed by atoms with Crippen molar-refractivity contribution in [3.8, 4) is 11.5 Å². The summed E-state index contributed by atoms with van der Waals surface area (Å²) in [6.07, 6.45) is 0.570. The molecule has 160 valence electrons. The summed E-state index contributed by atoms with van der Waals surface area (Å²) in [5.74, 6) is -0.0588. The van der Waals surface area contributed by atoms with E-state index in [1.165, 1.54) is 50.6 Å². The molecule has 0 aliphatic heterocycles. The number of amides is 1. The van der Waals surface area contributed by atoms with Crippen molar-refractivity contribution >= 4 is 28.1 Å². The smallest absolute Gasteiger partial charge is 0.427 e. The molecule has 0 atom stereocenters. The second-order valence-electron chi connectivity index (χ2n) is 5.74. The van der Waals surface area contributed by atoms with E-state index in [-0.39, 0.29) is 28.7 Å². The monoisotopic (exact) mass is 437 g/mol. The van der Waals surface area contributed by atoms with E-state index in [9.17, 15) is 23.3 Å². The first-order valence-electron chi connectivity index (χ1n) is 8.51. The van der Waals surface area contributed by atoms with E-state index in [0.717, 1.165) is 6.07 Å². The lowest BCUT2D eigenvalue weighted by Gasteiger charge is -2.11. The van der Waals surface area contributed by atoms with Crippen LogP contribution in [0.15, 0.2) is 46.4 Å². The highest BCUT2D eigenvalue weighted by molar-refractivity contribution is 7.87. The van der Waals surface area contributed by atoms with E-state index in [1.807, 2.05) is 0 Å². The summed E-state index contributed by atoms with van der Waals surface area (Å²) in [7, 11) is -3.05. The average molecular weight is 437 g/mol. The molecule has 2 rings (SSSR count). The SMILES string of the molecule is CCOC(=O)N/N=C/c1ccc(OS(=O)(=O)c2ccc(C)c([N+](=O)[O-])c2)c(OC)c1. The van der Waals surface area contributed by atoms with E-state index >= 15 is 0 Å². The van der Waals surface area contributed by atoms with Crippen molar-refractivity contribution < 1.29 is 31.8 Å². The third-order valence-electron chi connectivity index (χ3n) is 3.70. The molecule has 2 aromatic rings. The van der Waals surface area contributed by atoms with Crippen molar-refractivity contribution in [1.82, 2.24) is 5.43 Å². The van der Waals surface area contributed by atoms with Crippen molar-refractivity contribution in [2.45, 2.75) is 18.7 Å². The van der Waals surface area contributed by atoms with Crippen molar-refractivity contribution in [3.63, 3.8) is 0 Å². The molecule has 0 unspecified atom stereocenters. The Morgan fingerprint density at radius 2 is 1.97 bits per heavy atom. The summed E-state index contributed by atoms with van der Waals surface area (Å²) >= 11 is 0. The fourth-order valence-corrected chi connectivity index (χ4v) is 3.22. The Morgan fingerprint density at radius 3 is 2.60 bits per heavy atom. The number of hydrogen-bond donors (Lipinski definition) is 1. The molecule has 2 aromatic carbocycles. The predicted octanol–water partition coefficient (Wildman–Crippen LogP) is 2.76. The highest BCUT2D eigenvalue weighted by Gasteiger charge is 2.23. The zero-order chi connectivity index (χ0) is 22.3. The average Bonchev–Trinajstić information content (AvgIpc) is 2.69. The Kier molecular flexibility index (Phi) is 7.31. The third-order valence-corrected chi connectivity index (χ3v) is 4.93. The number of hydrazone groups is 1. The van der Waals surface area contributed by atoms with Gasteiger partial charge in [-0.2, -0.15) is 13.5 Å². The maximum absolute atomic E-state index is 12.6. The Hall–Kier alpha value is -3.67. The van der Waals surface area contributed by atoms with E-state index in [0.29, 0.717) is 11.1 Å². The minimum atomic E-state index is -4.36. The summed E-state index contributed by atoms with van der Waals surface area (Å²) < 4.78 is 40.0. The first kappa shape index (κ1) is 22.6. The van der Waals surface area contributed by atoms with Crippen molar-refractivity contribution in [2.24, 2.45) is 5.10 Å². The van der Waals surface area contributed by atoms with Crippen LogP contribution >= 0.6 is 0 Å². The minimum absolute atomic E-state index is 0.0697. The molecule has 0 aromatic heterocycles. The maximum atomic E-state index is 12.6. The Bertz CT molecular complexity index is 1080. The zero-order valence-corrected chi connectivity index (χ0v) is 17.1. The van der Waals surface area contributed by atoms with Crippen molar-refractivity contribution in [3.05, 3.63) is 57.6 Å². The van der Waals surface area contributed by atoms with Gasteiger partial charge in [0.2, 0.25) is 0 Å². The van der Waals surface area contributed by atoms with Crippen LogP contribution < -0.4 is 14.3 Å². The number of methoxy groups -OCH3 is 1. The van der Waals surface area contributed by atoms with Crippen LogP contribution in [0.4, 0.5) is 10.5 Å². The molecule has 0 saturated carbocycles. The third kappa shape index (κ3) is 5.67. The summed E-state index contributed by atoms with van der Waals surface area (Å²) in [5, 5.41) is 14.8. The minimum Gasteiger partial charge on any atom is -0.493 e. The van der Waals surface area contributed by atoms with Gasteiger partial charge in [0.05, 0.1) is 24.9 Å². The maximum Gasteiger partial charge on any atom is 0.427 e. The quantitative estimate of drug-likeness (QED) is 0.287. The van der Waals surface area contributed by atoms with Gasteiger partial charge in [-0.15, -0.1) is 0 Å². The fourth-order valence-electron chi connectivity index (χ4n) is 2.26. The van der Waals surface area contributed by atoms with Crippen LogP contribution in [0.5, 0.6) is 11.5 Å². The molecular formula is C18H19N3O8S. The second-order valence-corrected chi connectivity index (χ2v) is 7.29. The second kappa shape index (κ2) is 9.69. The van der Waals surface area contributed by atoms with Crippen LogP contribution in [-0.2, 0) is 14.9 Å². The Labute approximate surface area is 172 Å². The molecule has 0 saturated heterocycles. The van der Waals surface area contributed by atoms with Crippen LogP contribution in [0.1, 0.15) is 18.1 Å². The van der Waals surface area contributed by atoms with Gasteiger partial charge in [0.1, 0.15) is 4.90 Å². The largest absolute Gasteiger partial charge is 0.493 e. The van der Waals surface area contributed by atoms with Gasteiger partial charge in [0.15, 0.2) is 11.5 Å². The number of carbonyl (C=O) groups is 1. The number of nitro benzene ring substituents is 1. The van der Waals surface area contributed by atoms with E-state index in [1.54, 1.807) is 6.92 Å². The van der Waals surface area contributed by atoms with Crippen LogP contribution in [0, 0.1) is 17.0 Å². The molecular weight excluding hydrogens is 418 g/mol. The molecule has 0 radical (unpaired) electrons. The number of nitro groups is 1. The highest BCUT2D eigenvalue weighted by Crippen LogP contribution is 2.31. The summed E-state index contributed by atoms with van der Waals surface area (Å²) in [4.78, 5) is 21.2. The van der Waals surface area contributed by atoms with E-state index in [4.69, 9.17) is 8.92 Å². The first-order chi connectivity index (χ1) is 14.2. The van der Waals surface area contributed by atoms with Gasteiger partial charge in [-0.25, -0.2) is 10.2 Å². The normalized spacial score (nSPS) is 11.2. The van der Waals surface area contributed by atoms with Crippen LogP contribution in [0.3, 0.4) is 0 Å². The standard InChI is InChI=1S/C18H19N3O8S/c1-4-28-18(22)20-19-11-13-6-8-16(17(9-13)27-3)29-30(25,26)14-7-5-12(2)15(10-14)21(23)24/h5-11H,4H2,1-3H3,(H,20,22)/b19-11+. The molecule has 0 aliphatic rings. The topological polar surface area (TPSA) is 146 Å². The lowest BCUT2D eigenvalue weighted by molar-refractivity contribution is -0.385. The number of aryl methyl sites for hydroxylation is 1. The van der Waals surface area contributed by atoms with Crippen LogP contribution in [0.25, 0.3) is 0 Å². The number of rotatable bonds is 8. The lowest BCUT2D eigenvalue weighted by Crippen LogP contribution is -2.18. The molecule has 1 N–H and O–H groups in total. The molecule has 12 heteroatoms. The number of nitrogens with zero attached hydrogens (tertiary/aromatic N) is 2. The van der Waals surface area contributed by atoms with Gasteiger partial charge < -0.3 is 13.7 Å². The number of carbonyl (C=O) groups excluding carboxylic acids is 1. The molecule has 0 aliphatic carbocycles. The van der Waals surface area contributed by atoms with Gasteiger partial charge in [-0.05, 0) is 43.7 Å². The van der Waals surface area contributed by atoms with E-state index in [2.05, 4.69) is 15.3 Å². The van der Waals surface area contributed by atoms with Crippen LogP contribution in [-0.4, -0.2) is 39.4 Å². The van der Waals surface area contributed by atoms with Gasteiger partial charge in [-0.1, -0.05) is 6.07 Å². The molecule has 0 spiro atoms.